The second kappa shape index (κ2) is 13.0. The van der Waals surface area contributed by atoms with E-state index in [9.17, 15) is 9.59 Å². The molecule has 2 rings (SSSR count). The number of carbonyl (C=O) groups excluding carboxylic acids is 2. The van der Waals surface area contributed by atoms with Crippen LogP contribution in [-0.2, 0) is 21.9 Å². The van der Waals surface area contributed by atoms with Crippen LogP contribution in [0.5, 0.6) is 0 Å². The first-order valence-electron chi connectivity index (χ1n) is 10.5. The molecule has 2 amide bonds. The third-order valence-electron chi connectivity index (χ3n) is 5.08. The van der Waals surface area contributed by atoms with Gasteiger partial charge in [-0.15, -0.1) is 11.8 Å². The number of rotatable bonds is 11. The Kier molecular flexibility index (Phi) is 10.7. The topological polar surface area (TPSA) is 49.4 Å². The van der Waals surface area contributed by atoms with Gasteiger partial charge in [0.2, 0.25) is 11.8 Å². The molecule has 168 valence electrons. The molecular formula is C24H30Cl2N2O2S. The summed E-state index contributed by atoms with van der Waals surface area (Å²) in [7, 11) is 0. The molecule has 2 aromatic rings. The predicted molar refractivity (Wildman–Crippen MR) is 132 cm³/mol. The zero-order valence-corrected chi connectivity index (χ0v) is 20.6. The molecule has 0 fully saturated rings. The average molecular weight is 481 g/mol. The monoisotopic (exact) mass is 480 g/mol. The second-order valence-electron chi connectivity index (χ2n) is 7.48. The summed E-state index contributed by atoms with van der Waals surface area (Å²) < 4.78 is 0. The van der Waals surface area contributed by atoms with Crippen molar-refractivity contribution in [3.05, 3.63) is 69.7 Å². The van der Waals surface area contributed by atoms with Gasteiger partial charge in [0.05, 0.1) is 5.75 Å². The van der Waals surface area contributed by atoms with Crippen molar-refractivity contribution in [3.63, 3.8) is 0 Å². The Labute approximate surface area is 199 Å². The van der Waals surface area contributed by atoms with Gasteiger partial charge in [0, 0.05) is 28.4 Å². The molecular weight excluding hydrogens is 451 g/mol. The normalized spacial score (nSPS) is 12.8. The minimum absolute atomic E-state index is 0.0464. The second-order valence-corrected chi connectivity index (χ2v) is 9.31. The third-order valence-corrected chi connectivity index (χ3v) is 6.66. The molecule has 0 unspecified atom stereocenters. The van der Waals surface area contributed by atoms with E-state index < -0.39 is 6.04 Å². The van der Waals surface area contributed by atoms with Gasteiger partial charge < -0.3 is 10.2 Å². The van der Waals surface area contributed by atoms with E-state index in [0.29, 0.717) is 16.5 Å². The lowest BCUT2D eigenvalue weighted by Crippen LogP contribution is -2.51. The number of hydrogen-bond acceptors (Lipinski definition) is 3. The Hall–Kier alpha value is -1.69. The van der Waals surface area contributed by atoms with Crippen LogP contribution in [0.1, 0.15) is 44.7 Å². The summed E-state index contributed by atoms with van der Waals surface area (Å²) in [6, 6.07) is 14.7. The van der Waals surface area contributed by atoms with E-state index in [2.05, 4.69) is 5.32 Å². The SMILES string of the molecule is CC[C@H](C)NC(=O)[C@H](CC)N(Cc1ccc(Cl)cc1Cl)C(=O)CSCc1ccccc1. The number of nitrogens with zero attached hydrogens (tertiary/aromatic N) is 1. The lowest BCUT2D eigenvalue weighted by atomic mass is 10.1. The number of hydrogen-bond donors (Lipinski definition) is 1. The Balaban J connectivity index is 2.18. The van der Waals surface area contributed by atoms with Gasteiger partial charge in [0.15, 0.2) is 0 Å². The van der Waals surface area contributed by atoms with Crippen LogP contribution in [0.3, 0.4) is 0 Å². The van der Waals surface area contributed by atoms with Gasteiger partial charge in [-0.1, -0.05) is 73.4 Å². The third kappa shape index (κ3) is 8.06. The van der Waals surface area contributed by atoms with Gasteiger partial charge in [-0.2, -0.15) is 0 Å². The fraction of sp³-hybridized carbons (Fsp3) is 0.417. The molecule has 0 bridgehead atoms. The van der Waals surface area contributed by atoms with Gasteiger partial charge >= 0.3 is 0 Å². The molecule has 0 saturated heterocycles. The molecule has 0 spiro atoms. The molecule has 2 atom stereocenters. The molecule has 0 aliphatic carbocycles. The molecule has 0 heterocycles. The highest BCUT2D eigenvalue weighted by atomic mass is 35.5. The van der Waals surface area contributed by atoms with Crippen LogP contribution in [0.25, 0.3) is 0 Å². The van der Waals surface area contributed by atoms with Crippen molar-refractivity contribution in [3.8, 4) is 0 Å². The van der Waals surface area contributed by atoms with E-state index in [0.717, 1.165) is 23.3 Å². The van der Waals surface area contributed by atoms with Crippen LogP contribution < -0.4 is 5.32 Å². The van der Waals surface area contributed by atoms with Crippen molar-refractivity contribution in [1.29, 1.82) is 0 Å². The molecule has 0 aromatic heterocycles. The molecule has 2 aromatic carbocycles. The highest BCUT2D eigenvalue weighted by Crippen LogP contribution is 2.24. The van der Waals surface area contributed by atoms with Gasteiger partial charge in [-0.25, -0.2) is 0 Å². The fourth-order valence-corrected chi connectivity index (χ4v) is 4.45. The smallest absolute Gasteiger partial charge is 0.243 e. The van der Waals surface area contributed by atoms with Crippen molar-refractivity contribution < 1.29 is 9.59 Å². The molecule has 0 aliphatic heterocycles. The van der Waals surface area contributed by atoms with E-state index in [1.54, 1.807) is 34.9 Å². The summed E-state index contributed by atoms with van der Waals surface area (Å²) in [5.74, 6) is 0.798. The van der Waals surface area contributed by atoms with E-state index in [1.165, 1.54) is 0 Å². The molecule has 31 heavy (non-hydrogen) atoms. The number of amides is 2. The highest BCUT2D eigenvalue weighted by molar-refractivity contribution is 7.99. The van der Waals surface area contributed by atoms with Crippen LogP contribution in [0, 0.1) is 0 Å². The summed E-state index contributed by atoms with van der Waals surface area (Å²) >= 11 is 13.9. The zero-order valence-electron chi connectivity index (χ0n) is 18.2. The first-order chi connectivity index (χ1) is 14.8. The summed E-state index contributed by atoms with van der Waals surface area (Å²) in [5.41, 5.74) is 1.93. The van der Waals surface area contributed by atoms with Crippen LogP contribution in [-0.4, -0.2) is 34.6 Å². The van der Waals surface area contributed by atoms with E-state index >= 15 is 0 Å². The highest BCUT2D eigenvalue weighted by Gasteiger charge is 2.29. The maximum absolute atomic E-state index is 13.2. The van der Waals surface area contributed by atoms with Gasteiger partial charge in [-0.3, -0.25) is 9.59 Å². The fourth-order valence-electron chi connectivity index (χ4n) is 3.11. The minimum atomic E-state index is -0.564. The zero-order chi connectivity index (χ0) is 22.8. The van der Waals surface area contributed by atoms with Gasteiger partial charge in [-0.05, 0) is 43.0 Å². The molecule has 4 nitrogen and oxygen atoms in total. The van der Waals surface area contributed by atoms with E-state index in [-0.39, 0.29) is 30.2 Å². The first kappa shape index (κ1) is 25.6. The number of thioether (sulfide) groups is 1. The average Bonchev–Trinajstić information content (AvgIpc) is 2.75. The van der Waals surface area contributed by atoms with Crippen molar-refractivity contribution in [2.24, 2.45) is 0 Å². The van der Waals surface area contributed by atoms with Crippen molar-refractivity contribution >= 4 is 46.8 Å². The van der Waals surface area contributed by atoms with Crippen LogP contribution in [0.4, 0.5) is 0 Å². The van der Waals surface area contributed by atoms with Crippen molar-refractivity contribution in [1.82, 2.24) is 10.2 Å². The standard InChI is InChI=1S/C24H30Cl2N2O2S/c1-4-17(3)27-24(30)22(5-2)28(14-19-11-12-20(25)13-21(19)26)23(29)16-31-15-18-9-7-6-8-10-18/h6-13,17,22H,4-5,14-16H2,1-3H3,(H,27,30)/t17-,22-/m0/s1. The van der Waals surface area contributed by atoms with Crippen LogP contribution in [0.2, 0.25) is 10.0 Å². The Morgan fingerprint density at radius 1 is 1.06 bits per heavy atom. The van der Waals surface area contributed by atoms with Crippen molar-refractivity contribution in [2.45, 2.75) is 58.0 Å². The van der Waals surface area contributed by atoms with E-state index in [4.69, 9.17) is 23.2 Å². The minimum Gasteiger partial charge on any atom is -0.352 e. The molecule has 1 N–H and O–H groups in total. The summed E-state index contributed by atoms with van der Waals surface area (Å²) in [6.07, 6.45) is 1.34. The quantitative estimate of drug-likeness (QED) is 0.432. The maximum Gasteiger partial charge on any atom is 0.243 e. The lowest BCUT2D eigenvalue weighted by molar-refractivity contribution is -0.139. The summed E-state index contributed by atoms with van der Waals surface area (Å²) in [6.45, 7) is 6.15. The lowest BCUT2D eigenvalue weighted by Gasteiger charge is -2.31. The van der Waals surface area contributed by atoms with Crippen LogP contribution >= 0.6 is 35.0 Å². The maximum atomic E-state index is 13.2. The number of carbonyl (C=O) groups is 2. The Morgan fingerprint density at radius 2 is 1.77 bits per heavy atom. The number of benzene rings is 2. The van der Waals surface area contributed by atoms with Crippen molar-refractivity contribution in [2.75, 3.05) is 5.75 Å². The Morgan fingerprint density at radius 3 is 2.39 bits per heavy atom. The molecule has 0 saturated carbocycles. The summed E-state index contributed by atoms with van der Waals surface area (Å²) in [4.78, 5) is 27.8. The molecule has 7 heteroatoms. The summed E-state index contributed by atoms with van der Waals surface area (Å²) in [5, 5.41) is 4.03. The van der Waals surface area contributed by atoms with Gasteiger partial charge in [0.25, 0.3) is 0 Å². The molecule has 0 radical (unpaired) electrons. The largest absolute Gasteiger partial charge is 0.352 e. The Bertz CT molecular complexity index is 864. The number of halogens is 2. The van der Waals surface area contributed by atoms with E-state index in [1.807, 2.05) is 51.1 Å². The number of nitrogens with one attached hydrogen (secondary N) is 1. The predicted octanol–water partition coefficient (Wildman–Crippen LogP) is 5.95. The first-order valence-corrected chi connectivity index (χ1v) is 12.4. The molecule has 0 aliphatic rings. The van der Waals surface area contributed by atoms with Gasteiger partial charge in [0.1, 0.15) is 6.04 Å². The van der Waals surface area contributed by atoms with Crippen LogP contribution in [0.15, 0.2) is 48.5 Å².